The summed E-state index contributed by atoms with van der Waals surface area (Å²) in [6.45, 7) is 0. The van der Waals surface area contributed by atoms with E-state index in [4.69, 9.17) is 0 Å². The summed E-state index contributed by atoms with van der Waals surface area (Å²) in [6, 6.07) is 38.4. The number of hydrogen-bond acceptors (Lipinski definition) is 1. The number of thioether (sulfide) groups is 1. The minimum atomic E-state index is 0.563. The van der Waals surface area contributed by atoms with Crippen LogP contribution in [0.25, 0.3) is 60.9 Å². The number of benzene rings is 5. The standard InChI is InChI=1S/C40H30N2S/c1-2-10-25(11-3-1)41-34-15-7-5-13-28(34)33-24-26(18-22-36(33)41)42-35-16-8-4-12-27(35)30-20-19-29-31(40(30)42)21-23-38-39(29)32-14-6-9-17-37(32)43-38/h1-5,7-8,10-13,15-17,19-21,23-24,32H,6,9,14,18,22H2. The van der Waals surface area contributed by atoms with Crippen LogP contribution in [0.5, 0.6) is 0 Å². The van der Waals surface area contributed by atoms with Crippen LogP contribution in [0.4, 0.5) is 0 Å². The van der Waals surface area contributed by atoms with Gasteiger partial charge in [0.25, 0.3) is 0 Å². The lowest BCUT2D eigenvalue weighted by Gasteiger charge is -2.21. The van der Waals surface area contributed by atoms with Gasteiger partial charge < -0.3 is 9.13 Å². The number of nitrogens with zero attached hydrogens (tertiary/aromatic N) is 2. The molecule has 43 heavy (non-hydrogen) atoms. The minimum Gasteiger partial charge on any atom is -0.313 e. The van der Waals surface area contributed by atoms with Crippen LogP contribution >= 0.6 is 11.8 Å². The molecule has 5 aromatic carbocycles. The Hall–Kier alpha value is -4.47. The summed E-state index contributed by atoms with van der Waals surface area (Å²) in [5, 5.41) is 6.85. The molecule has 3 aliphatic rings. The predicted octanol–water partition coefficient (Wildman–Crippen LogP) is 11.1. The number of rotatable bonds is 2. The van der Waals surface area contributed by atoms with Gasteiger partial charge in [-0.3, -0.25) is 0 Å². The lowest BCUT2D eigenvalue weighted by Crippen LogP contribution is -2.08. The van der Waals surface area contributed by atoms with Crippen LogP contribution in [-0.4, -0.2) is 9.13 Å². The third kappa shape index (κ3) is 3.32. The largest absolute Gasteiger partial charge is 0.313 e. The molecule has 0 bridgehead atoms. The molecule has 2 aromatic heterocycles. The Balaban J connectivity index is 1.27. The van der Waals surface area contributed by atoms with Crippen molar-refractivity contribution in [3.05, 3.63) is 131 Å². The Morgan fingerprint density at radius 3 is 2.23 bits per heavy atom. The molecule has 2 aliphatic carbocycles. The predicted molar refractivity (Wildman–Crippen MR) is 183 cm³/mol. The summed E-state index contributed by atoms with van der Waals surface area (Å²) in [6.07, 6.45) is 10.8. The van der Waals surface area contributed by atoms with Crippen molar-refractivity contribution in [3.8, 4) is 5.69 Å². The second-order valence-electron chi connectivity index (χ2n) is 12.3. The van der Waals surface area contributed by atoms with Crippen LogP contribution < -0.4 is 0 Å². The number of aromatic nitrogens is 2. The Kier molecular flexibility index (Phi) is 5.04. The van der Waals surface area contributed by atoms with Crippen molar-refractivity contribution in [2.24, 2.45) is 0 Å². The van der Waals surface area contributed by atoms with E-state index in [1.165, 1.54) is 90.3 Å². The van der Waals surface area contributed by atoms with Crippen molar-refractivity contribution in [3.63, 3.8) is 0 Å². The molecule has 1 unspecified atom stereocenters. The molecular formula is C40H30N2S. The van der Waals surface area contributed by atoms with E-state index >= 15 is 0 Å². The smallest absolute Gasteiger partial charge is 0.0616 e. The normalized spacial score (nSPS) is 17.7. The zero-order chi connectivity index (χ0) is 28.1. The molecule has 2 nitrogen and oxygen atoms in total. The molecule has 0 radical (unpaired) electrons. The van der Waals surface area contributed by atoms with E-state index in [0.717, 1.165) is 12.8 Å². The highest BCUT2D eigenvalue weighted by Crippen LogP contribution is 2.55. The zero-order valence-electron chi connectivity index (χ0n) is 23.9. The summed E-state index contributed by atoms with van der Waals surface area (Å²) in [5.41, 5.74) is 10.9. The van der Waals surface area contributed by atoms with Crippen LogP contribution in [0.1, 0.15) is 48.4 Å². The maximum Gasteiger partial charge on any atom is 0.0616 e. The average molecular weight is 571 g/mol. The van der Waals surface area contributed by atoms with Gasteiger partial charge >= 0.3 is 0 Å². The first-order valence-corrected chi connectivity index (χ1v) is 16.4. The first-order chi connectivity index (χ1) is 21.3. The average Bonchev–Trinajstić information content (AvgIpc) is 3.72. The van der Waals surface area contributed by atoms with E-state index in [0.29, 0.717) is 5.92 Å². The van der Waals surface area contributed by atoms with Gasteiger partial charge in [-0.1, -0.05) is 90.6 Å². The fourth-order valence-electron chi connectivity index (χ4n) is 8.25. The van der Waals surface area contributed by atoms with Crippen LogP contribution in [0.15, 0.2) is 119 Å². The van der Waals surface area contributed by atoms with Crippen molar-refractivity contribution in [2.75, 3.05) is 0 Å². The van der Waals surface area contributed by atoms with Crippen LogP contribution in [0.3, 0.4) is 0 Å². The molecule has 0 saturated heterocycles. The lowest BCUT2D eigenvalue weighted by molar-refractivity contribution is 0.650. The highest BCUT2D eigenvalue weighted by atomic mass is 32.2. The second kappa shape index (κ2) is 9.02. The SMILES string of the molecule is C1=C2Sc3ccc4c(ccc5c6ccccc6n(C6=Cc7c(n(-c8ccccc8)c8ccccc78)CC6)c45)c3C2CCC1. The fraction of sp³-hybridized carbons (Fsp3) is 0.150. The second-order valence-corrected chi connectivity index (χ2v) is 13.4. The van der Waals surface area contributed by atoms with Crippen LogP contribution in [-0.2, 0) is 6.42 Å². The molecule has 0 N–H and O–H groups in total. The van der Waals surface area contributed by atoms with Crippen molar-refractivity contribution in [2.45, 2.75) is 42.9 Å². The van der Waals surface area contributed by atoms with Crippen molar-refractivity contribution < 1.29 is 0 Å². The summed E-state index contributed by atoms with van der Waals surface area (Å²) in [5.74, 6) is 0.563. The first-order valence-electron chi connectivity index (χ1n) is 15.6. The summed E-state index contributed by atoms with van der Waals surface area (Å²) >= 11 is 2.01. The molecule has 10 rings (SSSR count). The molecule has 0 fully saturated rings. The Morgan fingerprint density at radius 1 is 0.628 bits per heavy atom. The van der Waals surface area contributed by atoms with Crippen LogP contribution in [0, 0.1) is 0 Å². The van der Waals surface area contributed by atoms with E-state index in [2.05, 4.69) is 124 Å². The zero-order valence-corrected chi connectivity index (χ0v) is 24.7. The highest BCUT2D eigenvalue weighted by molar-refractivity contribution is 8.03. The van der Waals surface area contributed by atoms with Crippen molar-refractivity contribution >= 4 is 67.0 Å². The molecule has 7 aromatic rings. The highest BCUT2D eigenvalue weighted by Gasteiger charge is 2.32. The summed E-state index contributed by atoms with van der Waals surface area (Å²) in [7, 11) is 0. The summed E-state index contributed by atoms with van der Waals surface area (Å²) in [4.78, 5) is 3.04. The third-order valence-electron chi connectivity index (χ3n) is 10.0. The molecular weight excluding hydrogens is 541 g/mol. The van der Waals surface area contributed by atoms with Gasteiger partial charge in [0.1, 0.15) is 0 Å². The van der Waals surface area contributed by atoms with E-state index in [-0.39, 0.29) is 0 Å². The van der Waals surface area contributed by atoms with Gasteiger partial charge in [0, 0.05) is 55.0 Å². The van der Waals surface area contributed by atoms with Crippen molar-refractivity contribution in [1.82, 2.24) is 9.13 Å². The van der Waals surface area contributed by atoms with E-state index in [9.17, 15) is 0 Å². The maximum absolute atomic E-state index is 2.61. The van der Waals surface area contributed by atoms with Gasteiger partial charge in [0.05, 0.1) is 16.6 Å². The first kappa shape index (κ1) is 24.0. The van der Waals surface area contributed by atoms with Crippen molar-refractivity contribution in [1.29, 1.82) is 0 Å². The monoisotopic (exact) mass is 570 g/mol. The van der Waals surface area contributed by atoms with Gasteiger partial charge in [-0.05, 0) is 84.4 Å². The molecule has 3 heterocycles. The third-order valence-corrected chi connectivity index (χ3v) is 11.3. The molecule has 1 atom stereocenters. The number of allylic oxidation sites excluding steroid dienone is 3. The van der Waals surface area contributed by atoms with Crippen LogP contribution in [0.2, 0.25) is 0 Å². The summed E-state index contributed by atoms with van der Waals surface area (Å²) < 4.78 is 5.09. The molecule has 0 amide bonds. The Morgan fingerprint density at radius 2 is 1.35 bits per heavy atom. The molecule has 3 heteroatoms. The van der Waals surface area contributed by atoms with Gasteiger partial charge in [-0.15, -0.1) is 0 Å². The fourth-order valence-corrected chi connectivity index (χ4v) is 9.58. The van der Waals surface area contributed by atoms with Gasteiger partial charge in [-0.2, -0.15) is 0 Å². The maximum atomic E-state index is 2.61. The Bertz CT molecular complexity index is 2350. The van der Waals surface area contributed by atoms with E-state index in [1.807, 2.05) is 11.8 Å². The lowest BCUT2D eigenvalue weighted by atomic mass is 9.86. The molecule has 0 saturated carbocycles. The minimum absolute atomic E-state index is 0.563. The van der Waals surface area contributed by atoms with E-state index in [1.54, 1.807) is 10.5 Å². The number of hydrogen-bond donors (Lipinski definition) is 0. The quantitative estimate of drug-likeness (QED) is 0.201. The van der Waals surface area contributed by atoms with Gasteiger partial charge in [0.15, 0.2) is 0 Å². The topological polar surface area (TPSA) is 9.86 Å². The molecule has 0 spiro atoms. The number of para-hydroxylation sites is 3. The molecule has 206 valence electrons. The molecule has 1 aliphatic heterocycles. The number of fused-ring (bicyclic) bond motifs is 12. The van der Waals surface area contributed by atoms with Gasteiger partial charge in [0.2, 0.25) is 0 Å². The van der Waals surface area contributed by atoms with E-state index < -0.39 is 0 Å². The van der Waals surface area contributed by atoms with Gasteiger partial charge in [-0.25, -0.2) is 0 Å². The Labute approximate surface area is 254 Å².